The van der Waals surface area contributed by atoms with Crippen LogP contribution in [-0.4, -0.2) is 0 Å². The van der Waals surface area contributed by atoms with Crippen LogP contribution in [0.15, 0.2) is 36.4 Å². The van der Waals surface area contributed by atoms with Crippen LogP contribution in [0.1, 0.15) is 174 Å². The monoisotopic (exact) mass is 578 g/mol. The fraction of sp³-hybridized carbons (Fsp3) is 0.537. The number of nitrogens with zero attached hydrogens (tertiary/aromatic N) is 2. The summed E-state index contributed by atoms with van der Waals surface area (Å²) in [6.07, 6.45) is 0. The van der Waals surface area contributed by atoms with Gasteiger partial charge in [0.05, 0.1) is 11.4 Å². The Balaban J connectivity index is 1.84. The molecule has 2 nitrogen and oxygen atoms in total. The third kappa shape index (κ3) is 6.84. The third-order valence-electron chi connectivity index (χ3n) is 9.55. The molecule has 0 spiro atoms. The van der Waals surface area contributed by atoms with Crippen LogP contribution in [-0.2, 0) is 13.1 Å². The SMILES string of the molecule is Cc1cc2c(cc1C)N(Cc1c(C(C)C)cc(C(C)C)cc1C(C)C)[C]N2Cc1c(C(C)C)cc(C(C)C)cc1C(C)C. The van der Waals surface area contributed by atoms with Gasteiger partial charge in [-0.25, -0.2) is 0 Å². The molecule has 1 aliphatic heterocycles. The number of aryl methyl sites for hydroxylation is 2. The van der Waals surface area contributed by atoms with E-state index in [-0.39, 0.29) is 0 Å². The highest BCUT2D eigenvalue weighted by Crippen LogP contribution is 2.44. The molecule has 1 heterocycles. The van der Waals surface area contributed by atoms with Crippen LogP contribution >= 0.6 is 0 Å². The topological polar surface area (TPSA) is 6.48 Å². The van der Waals surface area contributed by atoms with Crippen LogP contribution in [0.25, 0.3) is 0 Å². The number of hydrogen-bond donors (Lipinski definition) is 0. The molecule has 0 amide bonds. The molecule has 0 saturated heterocycles. The summed E-state index contributed by atoms with van der Waals surface area (Å²) >= 11 is 0. The molecule has 0 aliphatic carbocycles. The molecule has 232 valence electrons. The molecule has 0 bridgehead atoms. The van der Waals surface area contributed by atoms with Gasteiger partial charge in [0.1, 0.15) is 0 Å². The minimum Gasteiger partial charge on any atom is -0.335 e. The summed E-state index contributed by atoms with van der Waals surface area (Å²) in [6.45, 7) is 38.1. The van der Waals surface area contributed by atoms with Gasteiger partial charge in [0.25, 0.3) is 0 Å². The molecule has 0 unspecified atom stereocenters. The molecular weight excluding hydrogens is 520 g/mol. The van der Waals surface area contributed by atoms with Gasteiger partial charge in [0, 0.05) is 13.1 Å². The molecule has 3 aromatic rings. The van der Waals surface area contributed by atoms with Crippen molar-refractivity contribution >= 4 is 11.4 Å². The van der Waals surface area contributed by atoms with E-state index in [1.165, 1.54) is 67.0 Å². The smallest absolute Gasteiger partial charge is 0.209 e. The molecule has 1 aliphatic rings. The summed E-state index contributed by atoms with van der Waals surface area (Å²) < 4.78 is 0. The molecule has 0 atom stereocenters. The van der Waals surface area contributed by atoms with Gasteiger partial charge in [-0.15, -0.1) is 0 Å². The molecule has 0 saturated carbocycles. The zero-order valence-electron chi connectivity index (χ0n) is 29.7. The van der Waals surface area contributed by atoms with Crippen LogP contribution in [0, 0.1) is 20.5 Å². The molecule has 4 rings (SSSR count). The quantitative estimate of drug-likeness (QED) is 0.236. The first kappa shape index (κ1) is 33.2. The van der Waals surface area contributed by atoms with E-state index in [1.54, 1.807) is 0 Å². The van der Waals surface area contributed by atoms with E-state index in [2.05, 4.69) is 150 Å². The zero-order valence-corrected chi connectivity index (χ0v) is 29.7. The van der Waals surface area contributed by atoms with E-state index in [9.17, 15) is 0 Å². The third-order valence-corrected chi connectivity index (χ3v) is 9.55. The molecule has 3 aromatic carbocycles. The number of anilines is 2. The lowest BCUT2D eigenvalue weighted by Crippen LogP contribution is -2.27. The van der Waals surface area contributed by atoms with Gasteiger partial charge in [-0.2, -0.15) is 0 Å². The molecule has 2 heteroatoms. The van der Waals surface area contributed by atoms with E-state index >= 15 is 0 Å². The van der Waals surface area contributed by atoms with Crippen LogP contribution in [0.5, 0.6) is 0 Å². The average Bonchev–Trinajstić information content (AvgIpc) is 3.23. The maximum atomic E-state index is 3.91. The highest BCUT2D eigenvalue weighted by Gasteiger charge is 2.32. The fourth-order valence-electron chi connectivity index (χ4n) is 6.60. The second kappa shape index (κ2) is 13.1. The van der Waals surface area contributed by atoms with Gasteiger partial charge in [-0.1, -0.05) is 107 Å². The maximum Gasteiger partial charge on any atom is 0.209 e. The Morgan fingerprint density at radius 2 is 0.721 bits per heavy atom. The number of hydrogen-bond acceptors (Lipinski definition) is 2. The number of fused-ring (bicyclic) bond motifs is 1. The minimum atomic E-state index is 0.464. The molecule has 43 heavy (non-hydrogen) atoms. The molecular formula is C41H58N2. The van der Waals surface area contributed by atoms with Gasteiger partial charge in [-0.3, -0.25) is 0 Å². The van der Waals surface area contributed by atoms with Crippen molar-refractivity contribution in [2.24, 2.45) is 0 Å². The van der Waals surface area contributed by atoms with Crippen molar-refractivity contribution in [2.75, 3.05) is 9.80 Å². The lowest BCUT2D eigenvalue weighted by molar-refractivity contribution is 0.746. The van der Waals surface area contributed by atoms with Crippen molar-refractivity contribution in [3.8, 4) is 0 Å². The van der Waals surface area contributed by atoms with Gasteiger partial charge < -0.3 is 9.80 Å². The van der Waals surface area contributed by atoms with Crippen molar-refractivity contribution in [3.63, 3.8) is 0 Å². The van der Waals surface area contributed by atoms with Gasteiger partial charge in [0.2, 0.25) is 6.67 Å². The maximum absolute atomic E-state index is 3.91. The first-order valence-corrected chi connectivity index (χ1v) is 16.9. The van der Waals surface area contributed by atoms with E-state index in [4.69, 9.17) is 0 Å². The van der Waals surface area contributed by atoms with Crippen LogP contribution in [0.3, 0.4) is 0 Å². The standard InChI is InChI=1S/C41H58N2/c1-24(2)32-17-34(26(5)6)38(35(18-32)27(7)8)21-42-23-43(41-16-31(14)30(13)15-40(41)42)22-39-36(28(9)10)19-33(25(3)4)20-37(39)29(11)12/h15-20,24-29H,21-22H2,1-14H3. The fourth-order valence-corrected chi connectivity index (χ4v) is 6.60. The summed E-state index contributed by atoms with van der Waals surface area (Å²) in [4.78, 5) is 4.83. The van der Waals surface area contributed by atoms with Crippen LogP contribution in [0.4, 0.5) is 11.4 Å². The first-order chi connectivity index (χ1) is 20.1. The van der Waals surface area contributed by atoms with Gasteiger partial charge in [-0.05, 0) is 117 Å². The highest BCUT2D eigenvalue weighted by atomic mass is 15.4. The van der Waals surface area contributed by atoms with E-state index in [0.717, 1.165) is 13.1 Å². The zero-order chi connectivity index (χ0) is 31.9. The van der Waals surface area contributed by atoms with Crippen molar-refractivity contribution < 1.29 is 0 Å². The summed E-state index contributed by atoms with van der Waals surface area (Å²) in [5, 5.41) is 0. The van der Waals surface area contributed by atoms with E-state index in [1.807, 2.05) is 0 Å². The van der Waals surface area contributed by atoms with Crippen molar-refractivity contribution in [2.45, 2.75) is 146 Å². The molecule has 0 aromatic heterocycles. The second-order valence-electron chi connectivity index (χ2n) is 15.0. The van der Waals surface area contributed by atoms with Crippen LogP contribution < -0.4 is 9.80 Å². The molecule has 2 radical (unpaired) electrons. The van der Waals surface area contributed by atoms with Crippen LogP contribution in [0.2, 0.25) is 0 Å². The number of rotatable bonds is 10. The number of benzene rings is 3. The Morgan fingerprint density at radius 1 is 0.442 bits per heavy atom. The summed E-state index contributed by atoms with van der Waals surface area (Å²) in [6, 6.07) is 14.7. The second-order valence-corrected chi connectivity index (χ2v) is 15.0. The van der Waals surface area contributed by atoms with Gasteiger partial charge in [0.15, 0.2) is 0 Å². The predicted molar refractivity (Wildman–Crippen MR) is 189 cm³/mol. The first-order valence-electron chi connectivity index (χ1n) is 16.9. The Kier molecular flexibility index (Phi) is 10.1. The Labute approximate surface area is 264 Å². The summed E-state index contributed by atoms with van der Waals surface area (Å²) in [5.74, 6) is 2.89. The molecule has 0 fully saturated rings. The highest BCUT2D eigenvalue weighted by molar-refractivity contribution is 5.80. The lowest BCUT2D eigenvalue weighted by atomic mass is 9.84. The van der Waals surface area contributed by atoms with E-state index in [0.29, 0.717) is 35.5 Å². The van der Waals surface area contributed by atoms with E-state index < -0.39 is 0 Å². The Hall–Kier alpha value is -2.74. The van der Waals surface area contributed by atoms with Crippen molar-refractivity contribution in [1.82, 2.24) is 0 Å². The predicted octanol–water partition coefficient (Wildman–Crippen LogP) is 12.1. The lowest BCUT2D eigenvalue weighted by Gasteiger charge is -2.28. The van der Waals surface area contributed by atoms with Gasteiger partial charge >= 0.3 is 0 Å². The van der Waals surface area contributed by atoms with Crippen molar-refractivity contribution in [1.29, 1.82) is 0 Å². The van der Waals surface area contributed by atoms with Crippen molar-refractivity contribution in [3.05, 3.63) is 98.7 Å². The largest absolute Gasteiger partial charge is 0.335 e. The summed E-state index contributed by atoms with van der Waals surface area (Å²) in [5.41, 5.74) is 17.0. The Morgan fingerprint density at radius 3 is 0.953 bits per heavy atom. The average molecular weight is 579 g/mol. The molecule has 0 N–H and O–H groups in total. The minimum absolute atomic E-state index is 0.464. The Bertz CT molecular complexity index is 1270. The summed E-state index contributed by atoms with van der Waals surface area (Å²) in [7, 11) is 0. The normalized spacial score (nSPS) is 13.7.